The maximum Gasteiger partial charge on any atom is 0.197 e. The van der Waals surface area contributed by atoms with Gasteiger partial charge in [0.05, 0.1) is 11.7 Å². The maximum atomic E-state index is 9.63. The Hall–Kier alpha value is -1.55. The van der Waals surface area contributed by atoms with Crippen LogP contribution >= 0.6 is 0 Å². The number of rotatable bonds is 3. The second-order valence-electron chi connectivity index (χ2n) is 3.21. The number of aromatic nitrogens is 2. The van der Waals surface area contributed by atoms with E-state index in [2.05, 4.69) is 4.98 Å². The van der Waals surface area contributed by atoms with Crippen LogP contribution in [-0.2, 0) is 6.42 Å². The Labute approximate surface area is 82.0 Å². The summed E-state index contributed by atoms with van der Waals surface area (Å²) in [6, 6.07) is 5.37. The molecule has 4 heteroatoms. The zero-order chi connectivity index (χ0) is 9.97. The molecule has 2 aromatic rings. The lowest BCUT2D eigenvalue weighted by atomic mass is 10.3. The summed E-state index contributed by atoms with van der Waals surface area (Å²) in [5.74, 6) is 1.09. The molecule has 0 atom stereocenters. The van der Waals surface area contributed by atoms with Crippen LogP contribution in [0.3, 0.4) is 0 Å². The normalized spacial score (nSPS) is 10.9. The molecule has 0 aliphatic rings. The summed E-state index contributed by atoms with van der Waals surface area (Å²) >= 11 is 0. The highest BCUT2D eigenvalue weighted by atomic mass is 16.3. The van der Waals surface area contributed by atoms with Crippen molar-refractivity contribution in [2.24, 2.45) is 5.73 Å². The van der Waals surface area contributed by atoms with Gasteiger partial charge in [0.15, 0.2) is 5.88 Å². The van der Waals surface area contributed by atoms with E-state index in [1.807, 2.05) is 6.07 Å². The van der Waals surface area contributed by atoms with Gasteiger partial charge in [-0.15, -0.1) is 0 Å². The summed E-state index contributed by atoms with van der Waals surface area (Å²) in [5.41, 5.74) is 6.34. The molecule has 0 saturated heterocycles. The number of fused-ring (bicyclic) bond motifs is 1. The third kappa shape index (κ3) is 1.44. The Morgan fingerprint density at radius 1 is 1.43 bits per heavy atom. The van der Waals surface area contributed by atoms with Crippen molar-refractivity contribution >= 4 is 5.52 Å². The van der Waals surface area contributed by atoms with Crippen molar-refractivity contribution in [2.75, 3.05) is 6.54 Å². The number of hydrogen-bond donors (Lipinski definition) is 2. The average Bonchev–Trinajstić information content (AvgIpc) is 2.59. The van der Waals surface area contributed by atoms with E-state index in [4.69, 9.17) is 5.73 Å². The number of aromatic hydroxyl groups is 1. The molecule has 0 aromatic carbocycles. The molecule has 0 saturated carbocycles. The van der Waals surface area contributed by atoms with E-state index in [0.29, 0.717) is 6.54 Å². The van der Waals surface area contributed by atoms with Gasteiger partial charge in [-0.1, -0.05) is 6.07 Å². The SMILES string of the molecule is NCCCc1ncc2cccc(O)n12. The Balaban J connectivity index is 2.45. The monoisotopic (exact) mass is 191 g/mol. The highest BCUT2D eigenvalue weighted by Crippen LogP contribution is 2.16. The molecule has 4 nitrogen and oxygen atoms in total. The van der Waals surface area contributed by atoms with Gasteiger partial charge in [-0.05, 0) is 25.1 Å². The van der Waals surface area contributed by atoms with Crippen molar-refractivity contribution in [3.8, 4) is 5.88 Å². The molecule has 0 fully saturated rings. The average molecular weight is 191 g/mol. The largest absolute Gasteiger partial charge is 0.494 e. The minimum Gasteiger partial charge on any atom is -0.494 e. The highest BCUT2D eigenvalue weighted by molar-refractivity contribution is 5.48. The number of pyridine rings is 1. The summed E-state index contributed by atoms with van der Waals surface area (Å²) in [6.07, 6.45) is 3.43. The van der Waals surface area contributed by atoms with E-state index in [9.17, 15) is 5.11 Å². The van der Waals surface area contributed by atoms with E-state index < -0.39 is 0 Å². The van der Waals surface area contributed by atoms with Crippen LogP contribution in [0.15, 0.2) is 24.4 Å². The van der Waals surface area contributed by atoms with E-state index in [-0.39, 0.29) is 5.88 Å². The molecule has 0 amide bonds. The summed E-state index contributed by atoms with van der Waals surface area (Å²) in [7, 11) is 0. The molecule has 0 bridgehead atoms. The van der Waals surface area contributed by atoms with Gasteiger partial charge in [0.2, 0.25) is 0 Å². The first-order valence-corrected chi connectivity index (χ1v) is 4.67. The second kappa shape index (κ2) is 3.67. The third-order valence-corrected chi connectivity index (χ3v) is 2.21. The minimum atomic E-state index is 0.229. The van der Waals surface area contributed by atoms with Gasteiger partial charge in [-0.2, -0.15) is 0 Å². The molecule has 0 unspecified atom stereocenters. The van der Waals surface area contributed by atoms with Crippen molar-refractivity contribution in [2.45, 2.75) is 12.8 Å². The van der Waals surface area contributed by atoms with Crippen molar-refractivity contribution < 1.29 is 5.11 Å². The number of aryl methyl sites for hydroxylation is 1. The van der Waals surface area contributed by atoms with Crippen LogP contribution in [0.1, 0.15) is 12.2 Å². The molecule has 2 heterocycles. The van der Waals surface area contributed by atoms with Crippen LogP contribution < -0.4 is 5.73 Å². The smallest absolute Gasteiger partial charge is 0.197 e. The molecule has 2 rings (SSSR count). The fourth-order valence-electron chi connectivity index (χ4n) is 1.53. The van der Waals surface area contributed by atoms with Gasteiger partial charge in [0, 0.05) is 6.42 Å². The maximum absolute atomic E-state index is 9.63. The lowest BCUT2D eigenvalue weighted by molar-refractivity contribution is 0.442. The van der Waals surface area contributed by atoms with Crippen LogP contribution in [0.4, 0.5) is 0 Å². The van der Waals surface area contributed by atoms with Gasteiger partial charge in [-0.25, -0.2) is 4.98 Å². The lowest BCUT2D eigenvalue weighted by Gasteiger charge is -2.02. The van der Waals surface area contributed by atoms with Crippen molar-refractivity contribution in [3.05, 3.63) is 30.2 Å². The molecule has 74 valence electrons. The van der Waals surface area contributed by atoms with Crippen molar-refractivity contribution in [1.29, 1.82) is 0 Å². The Morgan fingerprint density at radius 3 is 3.07 bits per heavy atom. The standard InChI is InChI=1S/C10H13N3O/c11-6-2-4-9-12-7-8-3-1-5-10(14)13(8)9/h1,3,5,7,14H,2,4,6,11H2. The van der Waals surface area contributed by atoms with Gasteiger partial charge < -0.3 is 10.8 Å². The molecule has 2 aromatic heterocycles. The number of imidazole rings is 1. The van der Waals surface area contributed by atoms with Crippen LogP contribution in [0, 0.1) is 0 Å². The Kier molecular flexibility index (Phi) is 2.37. The molecule has 0 aliphatic heterocycles. The molecule has 0 spiro atoms. The first-order valence-electron chi connectivity index (χ1n) is 4.67. The summed E-state index contributed by atoms with van der Waals surface area (Å²) in [6.45, 7) is 0.641. The Bertz CT molecular complexity index is 436. The van der Waals surface area contributed by atoms with Crippen LogP contribution in [0.5, 0.6) is 5.88 Å². The zero-order valence-corrected chi connectivity index (χ0v) is 7.85. The van der Waals surface area contributed by atoms with Crippen LogP contribution in [0.2, 0.25) is 0 Å². The Morgan fingerprint density at radius 2 is 2.29 bits per heavy atom. The quantitative estimate of drug-likeness (QED) is 0.758. The van der Waals surface area contributed by atoms with Crippen molar-refractivity contribution in [3.63, 3.8) is 0 Å². The topological polar surface area (TPSA) is 63.5 Å². The van der Waals surface area contributed by atoms with Gasteiger partial charge in [0.25, 0.3) is 0 Å². The van der Waals surface area contributed by atoms with Gasteiger partial charge >= 0.3 is 0 Å². The fourth-order valence-corrected chi connectivity index (χ4v) is 1.53. The molecule has 3 N–H and O–H groups in total. The molecule has 0 aliphatic carbocycles. The highest BCUT2D eigenvalue weighted by Gasteiger charge is 2.05. The third-order valence-electron chi connectivity index (χ3n) is 2.21. The van der Waals surface area contributed by atoms with E-state index in [1.54, 1.807) is 22.7 Å². The summed E-state index contributed by atoms with van der Waals surface area (Å²) in [4.78, 5) is 4.24. The molecular weight excluding hydrogens is 178 g/mol. The molecule has 0 radical (unpaired) electrons. The second-order valence-corrected chi connectivity index (χ2v) is 3.21. The predicted molar refractivity (Wildman–Crippen MR) is 54.2 cm³/mol. The van der Waals surface area contributed by atoms with E-state index in [0.717, 1.165) is 24.2 Å². The zero-order valence-electron chi connectivity index (χ0n) is 7.85. The lowest BCUT2D eigenvalue weighted by Crippen LogP contribution is -2.03. The number of nitrogens with two attached hydrogens (primary N) is 1. The summed E-state index contributed by atoms with van der Waals surface area (Å²) < 4.78 is 1.75. The molecule has 14 heavy (non-hydrogen) atoms. The predicted octanol–water partition coefficient (Wildman–Crippen LogP) is 0.931. The van der Waals surface area contributed by atoms with Crippen LogP contribution in [-0.4, -0.2) is 21.0 Å². The van der Waals surface area contributed by atoms with E-state index in [1.165, 1.54) is 0 Å². The summed E-state index contributed by atoms with van der Waals surface area (Å²) in [5, 5.41) is 9.63. The van der Waals surface area contributed by atoms with Crippen LogP contribution in [0.25, 0.3) is 5.52 Å². The number of nitrogens with zero attached hydrogens (tertiary/aromatic N) is 2. The minimum absolute atomic E-state index is 0.229. The number of hydrogen-bond acceptors (Lipinski definition) is 3. The fraction of sp³-hybridized carbons (Fsp3) is 0.300. The van der Waals surface area contributed by atoms with Gasteiger partial charge in [0.1, 0.15) is 5.82 Å². The first-order chi connectivity index (χ1) is 6.83. The van der Waals surface area contributed by atoms with Crippen molar-refractivity contribution in [1.82, 2.24) is 9.38 Å². The first kappa shape index (κ1) is 9.02. The van der Waals surface area contributed by atoms with E-state index >= 15 is 0 Å². The van der Waals surface area contributed by atoms with Gasteiger partial charge in [-0.3, -0.25) is 4.40 Å². The molecular formula is C10H13N3O.